The van der Waals surface area contributed by atoms with Gasteiger partial charge in [0.15, 0.2) is 12.1 Å². The molecule has 1 aromatic carbocycles. The maximum Gasteiger partial charge on any atom is 0.182 e. The monoisotopic (exact) mass is 406 g/mol. The molecule has 9 nitrogen and oxygen atoms in total. The number of ether oxygens (including phenoxy) is 2. The lowest BCUT2D eigenvalue weighted by Crippen LogP contribution is -2.24. The lowest BCUT2D eigenvalue weighted by atomic mass is 10.0. The van der Waals surface area contributed by atoms with E-state index in [2.05, 4.69) is 16.2 Å². The standard InChI is InChI=1S/C21H22N6O3/c1-26-9-13-7-17-19(20-23-21(30-25-20)12-5-6-29-10-12)22-11-27(17)16-4-3-14(28-2)8-15(16)18(13)24-26/h3-4,8-9,11-12,21H,5-7,10H2,1-2H3,(H,23,25). The molecule has 0 saturated carbocycles. The molecule has 3 aromatic rings. The van der Waals surface area contributed by atoms with Crippen LogP contribution in [0.3, 0.4) is 0 Å². The van der Waals surface area contributed by atoms with Crippen molar-refractivity contribution in [3.63, 3.8) is 0 Å². The Morgan fingerprint density at radius 1 is 1.27 bits per heavy atom. The maximum absolute atomic E-state index is 5.75. The Morgan fingerprint density at radius 3 is 3.03 bits per heavy atom. The van der Waals surface area contributed by atoms with Gasteiger partial charge in [0.25, 0.3) is 0 Å². The van der Waals surface area contributed by atoms with Crippen molar-refractivity contribution in [3.8, 4) is 22.7 Å². The first-order valence-electron chi connectivity index (χ1n) is 10.1. The average molecular weight is 406 g/mol. The Hall–Kier alpha value is -3.17. The molecule has 1 saturated heterocycles. The van der Waals surface area contributed by atoms with E-state index in [1.807, 2.05) is 36.3 Å². The number of aliphatic imine (C=N–C) groups is 1. The third-order valence-electron chi connectivity index (χ3n) is 5.97. The minimum atomic E-state index is -0.240. The van der Waals surface area contributed by atoms with Gasteiger partial charge in [-0.1, -0.05) is 0 Å². The lowest BCUT2D eigenvalue weighted by molar-refractivity contribution is -0.00148. The third-order valence-corrected chi connectivity index (χ3v) is 5.97. The number of nitrogens with one attached hydrogen (secondary N) is 1. The second kappa shape index (κ2) is 6.68. The van der Waals surface area contributed by atoms with Crippen LogP contribution in [0.4, 0.5) is 0 Å². The Labute approximate surface area is 173 Å². The molecule has 0 amide bonds. The fraction of sp³-hybridized carbons (Fsp3) is 0.381. The zero-order chi connectivity index (χ0) is 20.2. The van der Waals surface area contributed by atoms with Crippen LogP contribution in [0.2, 0.25) is 0 Å². The summed E-state index contributed by atoms with van der Waals surface area (Å²) < 4.78 is 14.9. The van der Waals surface area contributed by atoms with E-state index in [-0.39, 0.29) is 12.1 Å². The van der Waals surface area contributed by atoms with Crippen molar-refractivity contribution in [2.75, 3.05) is 20.3 Å². The quantitative estimate of drug-likeness (QED) is 0.559. The van der Waals surface area contributed by atoms with Crippen LogP contribution in [-0.4, -0.2) is 51.7 Å². The van der Waals surface area contributed by atoms with Crippen LogP contribution in [0.25, 0.3) is 16.9 Å². The first-order valence-corrected chi connectivity index (χ1v) is 10.1. The molecule has 2 unspecified atom stereocenters. The lowest BCUT2D eigenvalue weighted by Gasteiger charge is -2.11. The first kappa shape index (κ1) is 17.7. The summed E-state index contributed by atoms with van der Waals surface area (Å²) in [5.41, 5.74) is 8.98. The number of hydroxylamine groups is 1. The number of imidazole rings is 1. The molecule has 3 aliphatic rings. The molecule has 0 aliphatic carbocycles. The van der Waals surface area contributed by atoms with E-state index in [0.717, 1.165) is 52.7 Å². The average Bonchev–Trinajstić information content (AvgIpc) is 3.53. The van der Waals surface area contributed by atoms with Crippen LogP contribution in [0.5, 0.6) is 5.75 Å². The molecule has 154 valence electrons. The molecule has 0 spiro atoms. The molecule has 1 N–H and O–H groups in total. The molecule has 3 aliphatic heterocycles. The summed E-state index contributed by atoms with van der Waals surface area (Å²) in [4.78, 5) is 15.2. The Balaban J connectivity index is 1.47. The number of benzene rings is 1. The van der Waals surface area contributed by atoms with Gasteiger partial charge in [-0.3, -0.25) is 4.68 Å². The second-order valence-electron chi connectivity index (χ2n) is 7.86. The summed E-state index contributed by atoms with van der Waals surface area (Å²) in [5, 5.41) is 4.73. The van der Waals surface area contributed by atoms with Crippen molar-refractivity contribution in [1.29, 1.82) is 0 Å². The number of hydrogen-bond acceptors (Lipinski definition) is 7. The van der Waals surface area contributed by atoms with Crippen LogP contribution < -0.4 is 10.2 Å². The van der Waals surface area contributed by atoms with Crippen molar-refractivity contribution in [3.05, 3.63) is 47.7 Å². The van der Waals surface area contributed by atoms with Crippen LogP contribution in [0.1, 0.15) is 23.4 Å². The molecule has 9 heteroatoms. The summed E-state index contributed by atoms with van der Waals surface area (Å²) in [7, 11) is 3.62. The van der Waals surface area contributed by atoms with Crippen LogP contribution in [0, 0.1) is 5.92 Å². The zero-order valence-electron chi connectivity index (χ0n) is 16.8. The van der Waals surface area contributed by atoms with Gasteiger partial charge in [0, 0.05) is 43.3 Å². The van der Waals surface area contributed by atoms with Gasteiger partial charge < -0.3 is 14.0 Å². The van der Waals surface area contributed by atoms with Crippen LogP contribution in [0.15, 0.2) is 35.7 Å². The van der Waals surface area contributed by atoms with Gasteiger partial charge >= 0.3 is 0 Å². The molecule has 30 heavy (non-hydrogen) atoms. The minimum Gasteiger partial charge on any atom is -0.497 e. The normalized spacial score (nSPS) is 22.0. The molecule has 5 heterocycles. The van der Waals surface area contributed by atoms with Crippen molar-refractivity contribution in [2.24, 2.45) is 18.0 Å². The number of aromatic nitrogens is 4. The molecule has 2 aromatic heterocycles. The Morgan fingerprint density at radius 2 is 2.20 bits per heavy atom. The van der Waals surface area contributed by atoms with Gasteiger partial charge in [-0.25, -0.2) is 20.3 Å². The van der Waals surface area contributed by atoms with Gasteiger partial charge in [0.1, 0.15) is 17.8 Å². The zero-order valence-corrected chi connectivity index (χ0v) is 16.8. The smallest absolute Gasteiger partial charge is 0.182 e. The van der Waals surface area contributed by atoms with E-state index < -0.39 is 0 Å². The summed E-state index contributed by atoms with van der Waals surface area (Å²) >= 11 is 0. The fourth-order valence-electron chi connectivity index (χ4n) is 4.45. The number of amidine groups is 1. The van der Waals surface area contributed by atoms with E-state index >= 15 is 0 Å². The molecular weight excluding hydrogens is 384 g/mol. The summed E-state index contributed by atoms with van der Waals surface area (Å²) in [5.74, 6) is 1.74. The number of aryl methyl sites for hydroxylation is 1. The summed E-state index contributed by atoms with van der Waals surface area (Å²) in [6.07, 6.45) is 5.31. The number of nitrogens with zero attached hydrogens (tertiary/aromatic N) is 5. The van der Waals surface area contributed by atoms with E-state index in [1.54, 1.807) is 7.11 Å². The minimum absolute atomic E-state index is 0.240. The molecule has 0 bridgehead atoms. The fourth-order valence-corrected chi connectivity index (χ4v) is 4.45. The molecular formula is C21H22N6O3. The summed E-state index contributed by atoms with van der Waals surface area (Å²) in [6, 6.07) is 6.03. The predicted molar refractivity (Wildman–Crippen MR) is 109 cm³/mol. The van der Waals surface area contributed by atoms with Gasteiger partial charge in [0.05, 0.1) is 30.8 Å². The number of rotatable bonds is 3. The highest BCUT2D eigenvalue weighted by Gasteiger charge is 2.33. The molecule has 0 radical (unpaired) electrons. The van der Waals surface area contributed by atoms with Crippen molar-refractivity contribution < 1.29 is 14.3 Å². The second-order valence-corrected chi connectivity index (χ2v) is 7.86. The number of hydrogen-bond donors (Lipinski definition) is 1. The van der Waals surface area contributed by atoms with Crippen LogP contribution >= 0.6 is 0 Å². The predicted octanol–water partition coefficient (Wildman–Crippen LogP) is 1.83. The van der Waals surface area contributed by atoms with Crippen LogP contribution in [-0.2, 0) is 23.0 Å². The van der Waals surface area contributed by atoms with Gasteiger partial charge in [-0.05, 0) is 24.6 Å². The largest absolute Gasteiger partial charge is 0.497 e. The van der Waals surface area contributed by atoms with E-state index in [9.17, 15) is 0 Å². The van der Waals surface area contributed by atoms with Crippen molar-refractivity contribution in [2.45, 2.75) is 19.1 Å². The van der Waals surface area contributed by atoms with Gasteiger partial charge in [-0.2, -0.15) is 5.10 Å². The van der Waals surface area contributed by atoms with Crippen molar-refractivity contribution in [1.82, 2.24) is 24.8 Å². The van der Waals surface area contributed by atoms with Gasteiger partial charge in [0.2, 0.25) is 0 Å². The third kappa shape index (κ3) is 2.66. The maximum atomic E-state index is 5.75. The summed E-state index contributed by atoms with van der Waals surface area (Å²) in [6.45, 7) is 1.44. The van der Waals surface area contributed by atoms with E-state index in [4.69, 9.17) is 29.4 Å². The molecule has 1 fully saturated rings. The Kier molecular flexibility index (Phi) is 3.93. The van der Waals surface area contributed by atoms with Gasteiger partial charge in [-0.15, -0.1) is 0 Å². The highest BCUT2D eigenvalue weighted by molar-refractivity contribution is 5.98. The van der Waals surface area contributed by atoms with E-state index in [1.165, 1.54) is 0 Å². The van der Waals surface area contributed by atoms with Crippen molar-refractivity contribution >= 4 is 5.84 Å². The molecule has 2 atom stereocenters. The highest BCUT2D eigenvalue weighted by Crippen LogP contribution is 2.37. The first-order chi connectivity index (χ1) is 14.7. The number of methoxy groups -OCH3 is 1. The number of fused-ring (bicyclic) bond motifs is 5. The SMILES string of the molecule is COc1ccc2c(c1)-c1nn(C)cc1Cc1c(C3=NC(C4CCOC4)ON3)ncn1-2. The topological polar surface area (TPSA) is 87.7 Å². The molecule has 6 rings (SSSR count). The Bertz CT molecular complexity index is 1160. The van der Waals surface area contributed by atoms with E-state index in [0.29, 0.717) is 18.9 Å². The highest BCUT2D eigenvalue weighted by atomic mass is 16.7.